The van der Waals surface area contributed by atoms with Crippen molar-refractivity contribution < 1.29 is 9.90 Å². The molecule has 0 radical (unpaired) electrons. The van der Waals surface area contributed by atoms with Crippen LogP contribution in [0.25, 0.3) is 10.8 Å². The minimum absolute atomic E-state index is 0.0488. The number of carbonyl (C=O) groups is 1. The highest BCUT2D eigenvalue weighted by molar-refractivity contribution is 6.05. The van der Waals surface area contributed by atoms with Crippen LogP contribution in [0.4, 0.5) is 0 Å². The van der Waals surface area contributed by atoms with Crippen LogP contribution in [0, 0.1) is 11.3 Å². The average molecular weight is 482 g/mol. The van der Waals surface area contributed by atoms with Gasteiger partial charge in [-0.25, -0.2) is 0 Å². The zero-order chi connectivity index (χ0) is 24.7. The molecule has 1 saturated heterocycles. The van der Waals surface area contributed by atoms with Crippen LogP contribution in [0.2, 0.25) is 0 Å². The molecule has 3 aromatic rings. The molecule has 2 aliphatic heterocycles. The number of nitrogens with zero attached hydrogens (tertiary/aromatic N) is 5. The van der Waals surface area contributed by atoms with Crippen molar-refractivity contribution in [3.63, 3.8) is 0 Å². The van der Waals surface area contributed by atoms with E-state index in [4.69, 9.17) is 0 Å². The van der Waals surface area contributed by atoms with Gasteiger partial charge in [-0.1, -0.05) is 37.1 Å². The summed E-state index contributed by atoms with van der Waals surface area (Å²) < 4.78 is 0. The molecule has 3 aliphatic rings. The monoisotopic (exact) mass is 481 g/mol. The lowest BCUT2D eigenvalue weighted by Gasteiger charge is -2.36. The number of carbonyl (C=O) groups excluding carboxylic acids is 1. The molecule has 2 atom stereocenters. The number of aliphatic hydroxyl groups excluding tert-OH is 1. The Morgan fingerprint density at radius 3 is 2.58 bits per heavy atom. The molecule has 0 spiro atoms. The van der Waals surface area contributed by atoms with Gasteiger partial charge in [-0.05, 0) is 65.8 Å². The molecule has 1 amide bonds. The highest BCUT2D eigenvalue weighted by Gasteiger charge is 2.40. The second-order valence-corrected chi connectivity index (χ2v) is 10.5. The summed E-state index contributed by atoms with van der Waals surface area (Å²) in [6.45, 7) is 2.87. The number of aromatic nitrogens is 2. The van der Waals surface area contributed by atoms with Gasteiger partial charge in [-0.2, -0.15) is 15.5 Å². The SMILES string of the molecule is N#CC1(c2cccnn2)CCN(Cc2cc3c(c4ccccc24)CN([C@H]2CCCC[C@@H]2O)C3=O)CC1. The lowest BCUT2D eigenvalue weighted by molar-refractivity contribution is 0.0192. The van der Waals surface area contributed by atoms with Gasteiger partial charge in [0.1, 0.15) is 5.41 Å². The number of aliphatic hydroxyl groups is 1. The number of piperidine rings is 1. The van der Waals surface area contributed by atoms with E-state index in [1.807, 2.05) is 23.1 Å². The van der Waals surface area contributed by atoms with E-state index in [9.17, 15) is 15.2 Å². The molecule has 1 N–H and O–H groups in total. The number of benzene rings is 2. The van der Waals surface area contributed by atoms with E-state index in [0.717, 1.165) is 73.1 Å². The minimum atomic E-state index is -0.595. The first kappa shape index (κ1) is 23.1. The van der Waals surface area contributed by atoms with E-state index in [2.05, 4.69) is 45.4 Å². The Kier molecular flexibility index (Phi) is 5.94. The molecule has 1 aromatic heterocycles. The van der Waals surface area contributed by atoms with Gasteiger partial charge in [-0.15, -0.1) is 0 Å². The topological polar surface area (TPSA) is 93.3 Å². The number of hydrogen-bond acceptors (Lipinski definition) is 6. The van der Waals surface area contributed by atoms with E-state index in [-0.39, 0.29) is 11.9 Å². The van der Waals surface area contributed by atoms with E-state index >= 15 is 0 Å². The van der Waals surface area contributed by atoms with Gasteiger partial charge in [0, 0.05) is 37.9 Å². The summed E-state index contributed by atoms with van der Waals surface area (Å²) in [4.78, 5) is 17.9. The van der Waals surface area contributed by atoms with Gasteiger partial charge in [0.25, 0.3) is 5.91 Å². The maximum absolute atomic E-state index is 13.6. The fourth-order valence-electron chi connectivity index (χ4n) is 6.44. The smallest absolute Gasteiger partial charge is 0.254 e. The highest BCUT2D eigenvalue weighted by Crippen LogP contribution is 2.38. The van der Waals surface area contributed by atoms with Crippen molar-refractivity contribution in [2.75, 3.05) is 13.1 Å². The second-order valence-electron chi connectivity index (χ2n) is 10.5. The van der Waals surface area contributed by atoms with Crippen LogP contribution in [-0.4, -0.2) is 56.2 Å². The van der Waals surface area contributed by atoms with Gasteiger partial charge >= 0.3 is 0 Å². The molecule has 0 unspecified atom stereocenters. The van der Waals surface area contributed by atoms with Gasteiger partial charge in [-0.3, -0.25) is 9.69 Å². The highest BCUT2D eigenvalue weighted by atomic mass is 16.3. The van der Waals surface area contributed by atoms with Crippen LogP contribution >= 0.6 is 0 Å². The predicted octanol–water partition coefficient (Wildman–Crippen LogP) is 3.95. The van der Waals surface area contributed by atoms with E-state index < -0.39 is 11.5 Å². The molecule has 1 saturated carbocycles. The number of hydrogen-bond donors (Lipinski definition) is 1. The summed E-state index contributed by atoms with van der Waals surface area (Å²) in [7, 11) is 0. The summed E-state index contributed by atoms with van der Waals surface area (Å²) in [6.07, 6.45) is 6.33. The van der Waals surface area contributed by atoms with Gasteiger partial charge in [0.05, 0.1) is 23.9 Å². The number of likely N-dealkylation sites (tertiary alicyclic amines) is 1. The molecule has 7 nitrogen and oxygen atoms in total. The van der Waals surface area contributed by atoms with Crippen LogP contribution in [-0.2, 0) is 18.5 Å². The first-order chi connectivity index (χ1) is 17.6. The maximum Gasteiger partial charge on any atom is 0.254 e. The molecule has 184 valence electrons. The summed E-state index contributed by atoms with van der Waals surface area (Å²) in [5, 5.41) is 31.2. The summed E-state index contributed by atoms with van der Waals surface area (Å²) in [5.41, 5.74) is 3.17. The molecule has 0 bridgehead atoms. The maximum atomic E-state index is 13.6. The number of amides is 1. The normalized spacial score (nSPS) is 24.0. The van der Waals surface area contributed by atoms with Crippen molar-refractivity contribution in [1.29, 1.82) is 5.26 Å². The van der Waals surface area contributed by atoms with Gasteiger partial charge in [0.15, 0.2) is 0 Å². The number of rotatable bonds is 4. The lowest BCUT2D eigenvalue weighted by Crippen LogP contribution is -2.45. The molecule has 2 fully saturated rings. The van der Waals surface area contributed by atoms with Crippen molar-refractivity contribution in [3.8, 4) is 6.07 Å². The van der Waals surface area contributed by atoms with Crippen LogP contribution in [0.5, 0.6) is 0 Å². The Morgan fingerprint density at radius 2 is 1.86 bits per heavy atom. The lowest BCUT2D eigenvalue weighted by atomic mass is 9.76. The zero-order valence-corrected chi connectivity index (χ0v) is 20.4. The first-order valence-electron chi connectivity index (χ1n) is 13.0. The van der Waals surface area contributed by atoms with Crippen molar-refractivity contribution in [3.05, 3.63) is 71.0 Å². The Bertz CT molecular complexity index is 1330. The van der Waals surface area contributed by atoms with Crippen LogP contribution in [0.15, 0.2) is 48.7 Å². The van der Waals surface area contributed by atoms with Crippen molar-refractivity contribution in [2.24, 2.45) is 0 Å². The average Bonchev–Trinajstić information content (AvgIpc) is 3.26. The third-order valence-corrected chi connectivity index (χ3v) is 8.54. The fraction of sp³-hybridized carbons (Fsp3) is 0.448. The molecule has 1 aliphatic carbocycles. The van der Waals surface area contributed by atoms with Crippen LogP contribution in [0.3, 0.4) is 0 Å². The molecule has 3 heterocycles. The largest absolute Gasteiger partial charge is 0.391 e. The quantitative estimate of drug-likeness (QED) is 0.607. The molecule has 36 heavy (non-hydrogen) atoms. The van der Waals surface area contributed by atoms with E-state index in [1.54, 1.807) is 6.20 Å². The fourth-order valence-corrected chi connectivity index (χ4v) is 6.44. The van der Waals surface area contributed by atoms with E-state index in [0.29, 0.717) is 19.4 Å². The summed E-state index contributed by atoms with van der Waals surface area (Å²) in [6, 6.07) is 16.6. The van der Waals surface area contributed by atoms with Crippen LogP contribution in [0.1, 0.15) is 65.7 Å². The van der Waals surface area contributed by atoms with Crippen molar-refractivity contribution >= 4 is 16.7 Å². The molecular weight excluding hydrogens is 450 g/mol. The van der Waals surface area contributed by atoms with Crippen molar-refractivity contribution in [2.45, 2.75) is 69.2 Å². The predicted molar refractivity (Wildman–Crippen MR) is 136 cm³/mol. The van der Waals surface area contributed by atoms with Gasteiger partial charge in [0.2, 0.25) is 0 Å². The Labute approximate surface area is 211 Å². The summed E-state index contributed by atoms with van der Waals surface area (Å²) >= 11 is 0. The molecule has 6 rings (SSSR count). The van der Waals surface area contributed by atoms with E-state index in [1.165, 1.54) is 5.39 Å². The van der Waals surface area contributed by atoms with Gasteiger partial charge < -0.3 is 10.0 Å². The third kappa shape index (κ3) is 3.85. The molecule has 2 aromatic carbocycles. The number of fused-ring (bicyclic) bond motifs is 3. The molecule has 7 heteroatoms. The summed E-state index contributed by atoms with van der Waals surface area (Å²) in [5.74, 6) is 0.0488. The Morgan fingerprint density at radius 1 is 1.08 bits per heavy atom. The Hall–Kier alpha value is -3.34. The number of nitriles is 1. The van der Waals surface area contributed by atoms with Crippen molar-refractivity contribution in [1.82, 2.24) is 20.0 Å². The Balaban J connectivity index is 1.27. The minimum Gasteiger partial charge on any atom is -0.391 e. The standard InChI is InChI=1S/C29H31N5O2/c30-19-29(27-10-5-13-31-32-27)11-14-33(15-12-29)17-20-16-23-24(22-7-2-1-6-21(20)22)18-34(28(23)36)25-8-3-4-9-26(25)35/h1-2,5-7,10,13,16,25-26,35H,3-4,8-9,11-12,14-15,17-18H2/t25-,26-/m0/s1. The first-order valence-corrected chi connectivity index (χ1v) is 13.0. The zero-order valence-electron chi connectivity index (χ0n) is 20.4. The third-order valence-electron chi connectivity index (χ3n) is 8.54. The van der Waals surface area contributed by atoms with Crippen LogP contribution < -0.4 is 0 Å². The molecular formula is C29H31N5O2. The second kappa shape index (κ2) is 9.27.